The van der Waals surface area contributed by atoms with Crippen molar-refractivity contribution in [1.82, 2.24) is 0 Å². The third-order valence-electron chi connectivity index (χ3n) is 7.30. The van der Waals surface area contributed by atoms with E-state index in [-0.39, 0.29) is 0 Å². The lowest BCUT2D eigenvalue weighted by molar-refractivity contribution is 0.0396. The summed E-state index contributed by atoms with van der Waals surface area (Å²) in [6.07, 6.45) is 0. The summed E-state index contributed by atoms with van der Waals surface area (Å²) in [4.78, 5) is 27.3. The predicted molar refractivity (Wildman–Crippen MR) is 178 cm³/mol. The first-order valence-corrected chi connectivity index (χ1v) is 15.9. The maximum atomic E-state index is 13.6. The predicted octanol–water partition coefficient (Wildman–Crippen LogP) is 4.79. The monoisotopic (exact) mass is 590 g/mol. The van der Waals surface area contributed by atoms with Crippen LogP contribution in [0.3, 0.4) is 0 Å². The van der Waals surface area contributed by atoms with E-state index in [9.17, 15) is 9.59 Å². The van der Waals surface area contributed by atoms with Crippen LogP contribution >= 0.6 is 35.6 Å². The van der Waals surface area contributed by atoms with Crippen molar-refractivity contribution in [1.29, 1.82) is 0 Å². The molecule has 0 radical (unpaired) electrons. The molecule has 4 unspecified atom stereocenters. The Morgan fingerprint density at radius 1 is 0.538 bits per heavy atom. The van der Waals surface area contributed by atoms with Gasteiger partial charge in [0.15, 0.2) is 0 Å². The fourth-order valence-electron chi connectivity index (χ4n) is 4.98. The number of esters is 2. The van der Waals surface area contributed by atoms with Crippen LogP contribution in [0.1, 0.15) is 54.1 Å². The van der Waals surface area contributed by atoms with Gasteiger partial charge in [0.2, 0.25) is 0 Å². The highest BCUT2D eigenvalue weighted by molar-refractivity contribution is 7.56. The van der Waals surface area contributed by atoms with Gasteiger partial charge in [0.05, 0.1) is 11.1 Å². The first-order chi connectivity index (χ1) is 18.5. The lowest BCUT2D eigenvalue weighted by atomic mass is 9.98. The molecule has 3 nitrogen and oxygen atoms in total. The van der Waals surface area contributed by atoms with E-state index in [1.54, 1.807) is 0 Å². The molecule has 4 atom stereocenters. The molecule has 4 rings (SSSR count). The summed E-state index contributed by atoms with van der Waals surface area (Å²) in [6, 6.07) is 20.5. The second-order valence-electron chi connectivity index (χ2n) is 9.74. The van der Waals surface area contributed by atoms with Crippen molar-refractivity contribution >= 4 is 79.4 Å². The molecule has 7 heteroatoms. The molecule has 0 heterocycles. The molecule has 0 N–H and O–H groups in total. The zero-order valence-electron chi connectivity index (χ0n) is 23.2. The first-order valence-electron chi connectivity index (χ1n) is 12.7. The van der Waals surface area contributed by atoms with Crippen LogP contribution < -0.4 is 31.8 Å². The number of carbonyl (C=O) groups excluding carboxylic acids is 2. The Kier molecular flexibility index (Phi) is 9.53. The van der Waals surface area contributed by atoms with Crippen LogP contribution in [-0.2, 0) is 4.74 Å². The van der Waals surface area contributed by atoms with Gasteiger partial charge in [-0.25, -0.2) is 9.59 Å². The van der Waals surface area contributed by atoms with Crippen LogP contribution in [-0.4, -0.2) is 11.9 Å². The number of hydrogen-bond acceptors (Lipinski definition) is 3. The normalized spacial score (nSPS) is 11.6. The number of carbonyl (C=O) groups is 2. The molecule has 4 aromatic rings. The van der Waals surface area contributed by atoms with Crippen LogP contribution in [0.25, 0.3) is 0 Å². The van der Waals surface area contributed by atoms with Gasteiger partial charge in [-0.05, 0) is 107 Å². The number of hydrogen-bond donors (Lipinski definition) is 0. The third kappa shape index (κ3) is 6.09. The molecule has 39 heavy (non-hydrogen) atoms. The summed E-state index contributed by atoms with van der Waals surface area (Å²) in [7, 11) is 6.34. The average Bonchev–Trinajstić information content (AvgIpc) is 2.92. The fraction of sp³-hybridized carbons (Fsp3) is 0.188. The first kappa shape index (κ1) is 29.7. The molecular formula is C32H34O3P4. The van der Waals surface area contributed by atoms with Crippen molar-refractivity contribution in [2.45, 2.75) is 41.5 Å². The molecule has 0 fully saturated rings. The van der Waals surface area contributed by atoms with Crippen molar-refractivity contribution in [2.24, 2.45) is 0 Å². The molecule has 0 aliphatic heterocycles. The van der Waals surface area contributed by atoms with E-state index < -0.39 is 11.9 Å². The molecule has 0 amide bonds. The Morgan fingerprint density at radius 2 is 0.872 bits per heavy atom. The second-order valence-corrected chi connectivity index (χ2v) is 13.5. The lowest BCUT2D eigenvalue weighted by Crippen LogP contribution is -2.28. The second kappa shape index (κ2) is 12.5. The zero-order chi connectivity index (χ0) is 28.4. The van der Waals surface area contributed by atoms with Crippen LogP contribution in [0.5, 0.6) is 0 Å². The van der Waals surface area contributed by atoms with E-state index in [1.807, 2.05) is 64.1 Å². The minimum absolute atomic E-state index is 0.394. The van der Waals surface area contributed by atoms with Gasteiger partial charge in [-0.2, -0.15) is 0 Å². The maximum Gasteiger partial charge on any atom is 0.346 e. The topological polar surface area (TPSA) is 43.4 Å². The highest BCUT2D eigenvalue weighted by Gasteiger charge is 2.27. The van der Waals surface area contributed by atoms with Gasteiger partial charge in [0, 0.05) is 0 Å². The summed E-state index contributed by atoms with van der Waals surface area (Å²) in [5.74, 6) is -1.20. The largest absolute Gasteiger partial charge is 0.386 e. The Labute approximate surface area is 239 Å². The standard InChI is InChI=1S/C32H34O3P4/c1-17-25(19(3)29(21(5)27(17)36)38-23-13-9-7-10-14-23)31(33)35-32(34)26-18(2)28(37)22(6)30(20(26)4)39-24-15-11-8-12-16-24/h7-16,38-39H,36-37H2,1-6H3. The van der Waals surface area contributed by atoms with Gasteiger partial charge in [0.1, 0.15) is 0 Å². The van der Waals surface area contributed by atoms with Crippen molar-refractivity contribution in [3.05, 3.63) is 105 Å². The Balaban J connectivity index is 1.72. The van der Waals surface area contributed by atoms with Crippen molar-refractivity contribution < 1.29 is 14.3 Å². The summed E-state index contributed by atoms with van der Waals surface area (Å²) >= 11 is 0. The zero-order valence-corrected chi connectivity index (χ0v) is 27.5. The summed E-state index contributed by atoms with van der Waals surface area (Å²) < 4.78 is 5.66. The minimum atomic E-state index is -0.602. The van der Waals surface area contributed by atoms with Gasteiger partial charge < -0.3 is 4.74 Å². The number of ether oxygens (including phenoxy) is 1. The molecule has 0 aromatic heterocycles. The highest BCUT2D eigenvalue weighted by Crippen LogP contribution is 2.26. The quantitative estimate of drug-likeness (QED) is 0.184. The molecule has 0 aliphatic rings. The number of benzene rings is 4. The van der Waals surface area contributed by atoms with Gasteiger partial charge in [-0.3, -0.25) is 0 Å². The smallest absolute Gasteiger partial charge is 0.346 e. The van der Waals surface area contributed by atoms with Crippen LogP contribution in [0.4, 0.5) is 0 Å². The molecule has 4 aromatic carbocycles. The Bertz CT molecular complexity index is 1460. The number of rotatable bonds is 6. The van der Waals surface area contributed by atoms with E-state index in [0.717, 1.165) is 54.6 Å². The third-order valence-corrected chi connectivity index (χ3v) is 12.3. The van der Waals surface area contributed by atoms with Gasteiger partial charge >= 0.3 is 11.9 Å². The van der Waals surface area contributed by atoms with Crippen LogP contribution in [0.2, 0.25) is 0 Å². The lowest BCUT2D eigenvalue weighted by Gasteiger charge is -2.21. The van der Waals surface area contributed by atoms with Gasteiger partial charge in [-0.1, -0.05) is 77.8 Å². The molecule has 0 saturated carbocycles. The van der Waals surface area contributed by atoms with E-state index in [4.69, 9.17) is 4.74 Å². The van der Waals surface area contributed by atoms with Crippen LogP contribution in [0, 0.1) is 41.5 Å². The van der Waals surface area contributed by atoms with Crippen LogP contribution in [0.15, 0.2) is 60.7 Å². The molecular weight excluding hydrogens is 556 g/mol. The Morgan fingerprint density at radius 3 is 1.21 bits per heavy atom. The molecule has 0 spiro atoms. The minimum Gasteiger partial charge on any atom is -0.386 e. The average molecular weight is 591 g/mol. The highest BCUT2D eigenvalue weighted by atomic mass is 31.1. The SMILES string of the molecule is Cc1c(P)c(C)c(C(=O)OC(=O)c2c(C)c(P)c(C)c(Pc3ccccc3)c2C)c(C)c1Pc1ccccc1. The van der Waals surface area contributed by atoms with Gasteiger partial charge in [-0.15, -0.1) is 18.5 Å². The van der Waals surface area contributed by atoms with Gasteiger partial charge in [0.25, 0.3) is 0 Å². The maximum absolute atomic E-state index is 13.6. The van der Waals surface area contributed by atoms with E-state index >= 15 is 0 Å². The van der Waals surface area contributed by atoms with Crippen molar-refractivity contribution in [2.75, 3.05) is 0 Å². The molecule has 0 aliphatic carbocycles. The molecule has 0 saturated heterocycles. The van der Waals surface area contributed by atoms with Crippen molar-refractivity contribution in [3.8, 4) is 0 Å². The Hall–Kier alpha value is -2.26. The summed E-state index contributed by atoms with van der Waals surface area (Å²) in [5, 5.41) is 6.55. The van der Waals surface area contributed by atoms with E-state index in [2.05, 4.69) is 56.6 Å². The molecule has 0 bridgehead atoms. The van der Waals surface area contributed by atoms with Crippen molar-refractivity contribution in [3.63, 3.8) is 0 Å². The van der Waals surface area contributed by atoms with E-state index in [0.29, 0.717) is 28.3 Å². The van der Waals surface area contributed by atoms with E-state index in [1.165, 1.54) is 10.6 Å². The molecule has 200 valence electrons. The summed E-state index contributed by atoms with van der Waals surface area (Å²) in [5.41, 5.74) is 6.61. The summed E-state index contributed by atoms with van der Waals surface area (Å²) in [6.45, 7) is 11.9. The fourth-order valence-corrected chi connectivity index (χ4v) is 8.41.